The summed E-state index contributed by atoms with van der Waals surface area (Å²) in [7, 11) is 0. The first-order valence-corrected chi connectivity index (χ1v) is 10.2. The van der Waals surface area contributed by atoms with E-state index < -0.39 is 0 Å². The van der Waals surface area contributed by atoms with Crippen molar-refractivity contribution >= 4 is 17.7 Å². The number of fused-ring (bicyclic) bond motifs is 1. The lowest BCUT2D eigenvalue weighted by atomic mass is 9.93. The maximum Gasteiger partial charge on any atom is 0.409 e. The fourth-order valence-corrected chi connectivity index (χ4v) is 4.95. The van der Waals surface area contributed by atoms with Crippen molar-refractivity contribution < 1.29 is 18.7 Å². The summed E-state index contributed by atoms with van der Waals surface area (Å²) < 4.78 is 18.6. The Hall–Kier alpha value is -2.15. The number of likely N-dealkylation sites (tertiary alicyclic amines) is 2. The average molecular weight is 389 g/mol. The zero-order valence-electron chi connectivity index (χ0n) is 16.6. The summed E-state index contributed by atoms with van der Waals surface area (Å²) in [6, 6.07) is 4.80. The zero-order valence-corrected chi connectivity index (χ0v) is 16.6. The molecule has 28 heavy (non-hydrogen) atoms. The molecule has 0 spiro atoms. The Kier molecular flexibility index (Phi) is 5.04. The molecular formula is C21H28FN3O3. The molecule has 4 rings (SSSR count). The van der Waals surface area contributed by atoms with Crippen molar-refractivity contribution in [2.24, 2.45) is 0 Å². The van der Waals surface area contributed by atoms with E-state index in [1.807, 2.05) is 11.8 Å². The molecule has 2 saturated heterocycles. The maximum atomic E-state index is 13.5. The Morgan fingerprint density at radius 1 is 1.29 bits per heavy atom. The number of halogens is 1. The molecule has 0 saturated carbocycles. The van der Waals surface area contributed by atoms with E-state index in [4.69, 9.17) is 4.74 Å². The SMILES string of the molecule is CCOC(=O)N1CC[C@@](C)(N2CCC(N3C(=O)Cc4cc(F)ccc43)CC2)C1. The Balaban J connectivity index is 1.39. The highest BCUT2D eigenvalue weighted by Gasteiger charge is 2.44. The Morgan fingerprint density at radius 2 is 2.04 bits per heavy atom. The number of anilines is 1. The van der Waals surface area contributed by atoms with Crippen LogP contribution in [0, 0.1) is 5.82 Å². The molecule has 0 bridgehead atoms. The topological polar surface area (TPSA) is 53.1 Å². The first kappa shape index (κ1) is 19.2. The van der Waals surface area contributed by atoms with Gasteiger partial charge in [0.15, 0.2) is 0 Å². The lowest BCUT2D eigenvalue weighted by Crippen LogP contribution is -2.55. The number of piperidine rings is 1. The molecule has 0 aromatic heterocycles. The van der Waals surface area contributed by atoms with E-state index in [-0.39, 0.29) is 29.4 Å². The number of ether oxygens (including phenoxy) is 1. The third-order valence-corrected chi connectivity index (χ3v) is 6.48. The fraction of sp³-hybridized carbons (Fsp3) is 0.619. The van der Waals surface area contributed by atoms with E-state index in [0.717, 1.165) is 50.1 Å². The van der Waals surface area contributed by atoms with Crippen molar-refractivity contribution in [1.82, 2.24) is 9.80 Å². The third-order valence-electron chi connectivity index (χ3n) is 6.48. The van der Waals surface area contributed by atoms with Crippen LogP contribution in [0.3, 0.4) is 0 Å². The minimum absolute atomic E-state index is 0.0478. The summed E-state index contributed by atoms with van der Waals surface area (Å²) in [6.45, 7) is 7.61. The van der Waals surface area contributed by atoms with Gasteiger partial charge in [-0.1, -0.05) is 0 Å². The molecular weight excluding hydrogens is 361 g/mol. The highest BCUT2D eigenvalue weighted by molar-refractivity contribution is 6.01. The summed E-state index contributed by atoms with van der Waals surface area (Å²) in [4.78, 5) is 30.7. The molecule has 3 aliphatic rings. The van der Waals surface area contributed by atoms with Crippen LogP contribution >= 0.6 is 0 Å². The molecule has 1 atom stereocenters. The second kappa shape index (κ2) is 7.35. The second-order valence-electron chi connectivity index (χ2n) is 8.30. The molecule has 0 N–H and O–H groups in total. The largest absolute Gasteiger partial charge is 0.450 e. The monoisotopic (exact) mass is 389 g/mol. The Morgan fingerprint density at radius 3 is 2.75 bits per heavy atom. The predicted molar refractivity (Wildman–Crippen MR) is 104 cm³/mol. The van der Waals surface area contributed by atoms with Gasteiger partial charge in [0.25, 0.3) is 0 Å². The van der Waals surface area contributed by atoms with Crippen LogP contribution in [-0.4, -0.2) is 66.2 Å². The molecule has 0 unspecified atom stereocenters. The van der Waals surface area contributed by atoms with Gasteiger partial charge in [-0.15, -0.1) is 0 Å². The first-order valence-electron chi connectivity index (χ1n) is 10.2. The molecule has 6 nitrogen and oxygen atoms in total. The van der Waals surface area contributed by atoms with Crippen LogP contribution in [0.15, 0.2) is 18.2 Å². The van der Waals surface area contributed by atoms with E-state index in [2.05, 4.69) is 11.8 Å². The molecule has 2 amide bonds. The Labute approximate surface area is 165 Å². The van der Waals surface area contributed by atoms with Crippen molar-refractivity contribution in [3.8, 4) is 0 Å². The van der Waals surface area contributed by atoms with Crippen molar-refractivity contribution in [2.75, 3.05) is 37.7 Å². The summed E-state index contributed by atoms with van der Waals surface area (Å²) in [5.41, 5.74) is 1.61. The van der Waals surface area contributed by atoms with Crippen molar-refractivity contribution in [3.63, 3.8) is 0 Å². The number of hydrogen-bond donors (Lipinski definition) is 0. The van der Waals surface area contributed by atoms with E-state index in [0.29, 0.717) is 19.6 Å². The van der Waals surface area contributed by atoms with Gasteiger partial charge in [0.05, 0.1) is 13.0 Å². The minimum atomic E-state index is -0.288. The quantitative estimate of drug-likeness (QED) is 0.798. The van der Waals surface area contributed by atoms with Gasteiger partial charge in [0.1, 0.15) is 5.82 Å². The summed E-state index contributed by atoms with van der Waals surface area (Å²) >= 11 is 0. The highest BCUT2D eigenvalue weighted by Crippen LogP contribution is 2.36. The number of hydrogen-bond acceptors (Lipinski definition) is 4. The smallest absolute Gasteiger partial charge is 0.409 e. The highest BCUT2D eigenvalue weighted by atomic mass is 19.1. The predicted octanol–water partition coefficient (Wildman–Crippen LogP) is 2.80. The van der Waals surface area contributed by atoms with Crippen LogP contribution in [0.5, 0.6) is 0 Å². The molecule has 0 radical (unpaired) electrons. The van der Waals surface area contributed by atoms with Crippen LogP contribution in [0.25, 0.3) is 0 Å². The number of benzene rings is 1. The van der Waals surface area contributed by atoms with E-state index in [1.54, 1.807) is 11.0 Å². The maximum absolute atomic E-state index is 13.5. The van der Waals surface area contributed by atoms with E-state index >= 15 is 0 Å². The number of amides is 2. The van der Waals surface area contributed by atoms with Gasteiger partial charge in [0, 0.05) is 43.4 Å². The van der Waals surface area contributed by atoms with Crippen molar-refractivity contribution in [2.45, 2.75) is 51.1 Å². The molecule has 3 aliphatic heterocycles. The van der Waals surface area contributed by atoms with Crippen LogP contribution in [0.4, 0.5) is 14.9 Å². The van der Waals surface area contributed by atoms with Crippen molar-refractivity contribution in [3.05, 3.63) is 29.6 Å². The lowest BCUT2D eigenvalue weighted by Gasteiger charge is -2.44. The number of carbonyl (C=O) groups excluding carboxylic acids is 2. The summed E-state index contributed by atoms with van der Waals surface area (Å²) in [5.74, 6) is -0.219. The van der Waals surface area contributed by atoms with Gasteiger partial charge in [-0.3, -0.25) is 9.69 Å². The van der Waals surface area contributed by atoms with Gasteiger partial charge in [-0.2, -0.15) is 0 Å². The molecule has 2 fully saturated rings. The van der Waals surface area contributed by atoms with Crippen LogP contribution < -0.4 is 4.90 Å². The lowest BCUT2D eigenvalue weighted by molar-refractivity contribution is -0.118. The molecule has 152 valence electrons. The van der Waals surface area contributed by atoms with Crippen LogP contribution in [-0.2, 0) is 16.0 Å². The summed E-state index contributed by atoms with van der Waals surface area (Å²) in [6.07, 6.45) is 2.77. The normalized spacial score (nSPS) is 26.0. The van der Waals surface area contributed by atoms with Gasteiger partial charge < -0.3 is 14.5 Å². The first-order chi connectivity index (χ1) is 13.4. The van der Waals surface area contributed by atoms with Gasteiger partial charge >= 0.3 is 6.09 Å². The van der Waals surface area contributed by atoms with Crippen LogP contribution in [0.1, 0.15) is 38.7 Å². The second-order valence-corrected chi connectivity index (χ2v) is 8.30. The third kappa shape index (κ3) is 3.36. The average Bonchev–Trinajstić information content (AvgIpc) is 3.22. The number of rotatable bonds is 3. The van der Waals surface area contributed by atoms with E-state index in [9.17, 15) is 14.0 Å². The minimum Gasteiger partial charge on any atom is -0.450 e. The standard InChI is InChI=1S/C21H28FN3O3/c1-3-28-20(27)23-11-8-21(2,14-23)24-9-6-17(7-10-24)25-18-5-4-16(22)12-15(18)13-19(25)26/h4-5,12,17H,3,6-11,13-14H2,1-2H3/t21-/m1/s1. The van der Waals surface area contributed by atoms with Gasteiger partial charge in [-0.25, -0.2) is 9.18 Å². The van der Waals surface area contributed by atoms with Crippen molar-refractivity contribution in [1.29, 1.82) is 0 Å². The summed E-state index contributed by atoms with van der Waals surface area (Å²) in [5, 5.41) is 0. The number of carbonyl (C=O) groups is 2. The van der Waals surface area contributed by atoms with Gasteiger partial charge in [0.2, 0.25) is 5.91 Å². The molecule has 1 aromatic rings. The molecule has 3 heterocycles. The molecule has 1 aromatic carbocycles. The molecule has 0 aliphatic carbocycles. The fourth-order valence-electron chi connectivity index (χ4n) is 4.95. The Bertz CT molecular complexity index is 778. The van der Waals surface area contributed by atoms with Crippen LogP contribution in [0.2, 0.25) is 0 Å². The zero-order chi connectivity index (χ0) is 19.9. The van der Waals surface area contributed by atoms with E-state index in [1.165, 1.54) is 12.1 Å². The van der Waals surface area contributed by atoms with Gasteiger partial charge in [-0.05, 0) is 56.9 Å². The molecule has 7 heteroatoms. The number of nitrogens with zero attached hydrogens (tertiary/aromatic N) is 3.